The Balaban J connectivity index is 0.000000132. The predicted molar refractivity (Wildman–Crippen MR) is 59.0 cm³/mol. The van der Waals surface area contributed by atoms with Gasteiger partial charge in [0.25, 0.3) is 0 Å². The first-order chi connectivity index (χ1) is 6.39. The van der Waals surface area contributed by atoms with E-state index in [9.17, 15) is 0 Å². The highest BCUT2D eigenvalue weighted by molar-refractivity contribution is 4.59. The molecular weight excluding hydrogens is 158 g/mol. The summed E-state index contributed by atoms with van der Waals surface area (Å²) >= 11 is 0. The summed E-state index contributed by atoms with van der Waals surface area (Å²) in [6.45, 7) is 4.86. The van der Waals surface area contributed by atoms with Gasteiger partial charge in [-0.3, -0.25) is 0 Å². The highest BCUT2D eigenvalue weighted by Crippen LogP contribution is 2.22. The number of piperidine rings is 1. The Morgan fingerprint density at radius 2 is 1.31 bits per heavy atom. The Hall–Kier alpha value is -0.0400. The molecule has 1 saturated carbocycles. The van der Waals surface area contributed by atoms with E-state index < -0.39 is 0 Å². The van der Waals surface area contributed by atoms with Crippen LogP contribution in [0.5, 0.6) is 0 Å². The van der Waals surface area contributed by atoms with Crippen LogP contribution in [0.2, 0.25) is 0 Å². The zero-order chi connectivity index (χ0) is 9.36. The van der Waals surface area contributed by atoms with Crippen LogP contribution in [-0.4, -0.2) is 13.1 Å². The minimum atomic E-state index is 1.04. The van der Waals surface area contributed by atoms with Crippen LogP contribution < -0.4 is 5.32 Å². The van der Waals surface area contributed by atoms with Gasteiger partial charge in [0.05, 0.1) is 0 Å². The zero-order valence-corrected chi connectivity index (χ0v) is 9.15. The third-order valence-corrected chi connectivity index (χ3v) is 3.10. The van der Waals surface area contributed by atoms with E-state index in [1.54, 1.807) is 0 Å². The molecule has 0 aromatic heterocycles. The normalized spacial score (nSPS) is 24.7. The molecule has 78 valence electrons. The van der Waals surface area contributed by atoms with E-state index in [1.807, 2.05) is 0 Å². The van der Waals surface area contributed by atoms with Crippen LogP contribution in [-0.2, 0) is 0 Å². The number of nitrogens with one attached hydrogen (secondary N) is 1. The van der Waals surface area contributed by atoms with Crippen molar-refractivity contribution in [3.8, 4) is 0 Å². The average Bonchev–Trinajstić information content (AvgIpc) is 2.22. The van der Waals surface area contributed by atoms with Gasteiger partial charge in [-0.1, -0.05) is 45.4 Å². The second-order valence-corrected chi connectivity index (χ2v) is 4.55. The number of rotatable bonds is 0. The van der Waals surface area contributed by atoms with E-state index in [4.69, 9.17) is 0 Å². The van der Waals surface area contributed by atoms with E-state index in [-0.39, 0.29) is 0 Å². The molecule has 1 aliphatic carbocycles. The van der Waals surface area contributed by atoms with E-state index >= 15 is 0 Å². The fraction of sp³-hybridized carbons (Fsp3) is 1.00. The molecule has 13 heavy (non-hydrogen) atoms. The van der Waals surface area contributed by atoms with E-state index in [1.165, 1.54) is 64.5 Å². The average molecular weight is 183 g/mol. The van der Waals surface area contributed by atoms with Crippen molar-refractivity contribution in [3.63, 3.8) is 0 Å². The second kappa shape index (κ2) is 7.37. The molecule has 0 amide bonds. The first kappa shape index (κ1) is 11.0. The van der Waals surface area contributed by atoms with E-state index in [0.29, 0.717) is 0 Å². The maximum atomic E-state index is 3.28. The lowest BCUT2D eigenvalue weighted by atomic mass is 9.91. The minimum absolute atomic E-state index is 1.04. The lowest BCUT2D eigenvalue weighted by Gasteiger charge is -2.15. The van der Waals surface area contributed by atoms with Gasteiger partial charge >= 0.3 is 0 Å². The van der Waals surface area contributed by atoms with Gasteiger partial charge in [0, 0.05) is 0 Å². The monoisotopic (exact) mass is 183 g/mol. The van der Waals surface area contributed by atoms with Gasteiger partial charge in [0.1, 0.15) is 0 Å². The quantitative estimate of drug-likeness (QED) is 0.607. The Bertz CT molecular complexity index is 90.2. The molecular formula is C12H25N. The Kier molecular flexibility index (Phi) is 6.26. The van der Waals surface area contributed by atoms with Crippen molar-refractivity contribution in [2.24, 2.45) is 5.92 Å². The Labute approximate surface area is 83.3 Å². The molecule has 0 atom stereocenters. The third kappa shape index (κ3) is 6.09. The van der Waals surface area contributed by atoms with Crippen molar-refractivity contribution in [2.45, 2.75) is 58.3 Å². The first-order valence-electron chi connectivity index (χ1n) is 6.10. The van der Waals surface area contributed by atoms with Crippen LogP contribution in [0.4, 0.5) is 0 Å². The molecule has 0 aromatic rings. The molecule has 0 radical (unpaired) electrons. The fourth-order valence-electron chi connectivity index (χ4n) is 2.11. The van der Waals surface area contributed by atoms with Gasteiger partial charge in [-0.2, -0.15) is 0 Å². The Morgan fingerprint density at radius 3 is 1.54 bits per heavy atom. The molecule has 2 rings (SSSR count). The van der Waals surface area contributed by atoms with Crippen LogP contribution in [0, 0.1) is 5.92 Å². The van der Waals surface area contributed by atoms with Gasteiger partial charge < -0.3 is 5.32 Å². The topological polar surface area (TPSA) is 12.0 Å². The summed E-state index contributed by atoms with van der Waals surface area (Å²) in [5, 5.41) is 3.28. The van der Waals surface area contributed by atoms with Gasteiger partial charge in [0.2, 0.25) is 0 Å². The Morgan fingerprint density at radius 1 is 0.769 bits per heavy atom. The van der Waals surface area contributed by atoms with Crippen molar-refractivity contribution < 1.29 is 0 Å². The van der Waals surface area contributed by atoms with E-state index in [2.05, 4.69) is 12.2 Å². The van der Waals surface area contributed by atoms with Crippen LogP contribution >= 0.6 is 0 Å². The second-order valence-electron chi connectivity index (χ2n) is 4.55. The molecule has 2 fully saturated rings. The number of hydrogen-bond acceptors (Lipinski definition) is 1. The summed E-state index contributed by atoms with van der Waals surface area (Å²) in [4.78, 5) is 0. The first-order valence-corrected chi connectivity index (χ1v) is 6.10. The van der Waals surface area contributed by atoms with Crippen LogP contribution in [0.15, 0.2) is 0 Å². The molecule has 0 unspecified atom stereocenters. The molecule has 1 heterocycles. The van der Waals surface area contributed by atoms with Crippen LogP contribution in [0.25, 0.3) is 0 Å². The van der Waals surface area contributed by atoms with Crippen molar-refractivity contribution in [3.05, 3.63) is 0 Å². The fourth-order valence-corrected chi connectivity index (χ4v) is 2.11. The van der Waals surface area contributed by atoms with Crippen molar-refractivity contribution >= 4 is 0 Å². The van der Waals surface area contributed by atoms with Gasteiger partial charge in [-0.25, -0.2) is 0 Å². The molecule has 0 aromatic carbocycles. The maximum Gasteiger partial charge on any atom is -0.00489 e. The lowest BCUT2D eigenvalue weighted by molar-refractivity contribution is 0.385. The largest absolute Gasteiger partial charge is 0.317 e. The van der Waals surface area contributed by atoms with Crippen molar-refractivity contribution in [1.29, 1.82) is 0 Å². The standard InChI is InChI=1S/C7H14.C5H11N/c1-7-5-3-2-4-6-7;1-2-4-6-5-3-1/h7H,2-6H2,1H3;6H,1-5H2. The zero-order valence-electron chi connectivity index (χ0n) is 9.15. The molecule has 0 spiro atoms. The SMILES string of the molecule is C1CCNCC1.CC1CCCCC1. The molecule has 1 aliphatic heterocycles. The minimum Gasteiger partial charge on any atom is -0.317 e. The molecule has 1 heteroatoms. The molecule has 0 bridgehead atoms. The molecule has 1 N–H and O–H groups in total. The third-order valence-electron chi connectivity index (χ3n) is 3.10. The summed E-state index contributed by atoms with van der Waals surface area (Å²) in [5.41, 5.74) is 0. The molecule has 1 saturated heterocycles. The van der Waals surface area contributed by atoms with Crippen molar-refractivity contribution in [2.75, 3.05) is 13.1 Å². The van der Waals surface area contributed by atoms with Gasteiger partial charge in [0.15, 0.2) is 0 Å². The molecule has 2 aliphatic rings. The number of hydrogen-bond donors (Lipinski definition) is 1. The summed E-state index contributed by atoms with van der Waals surface area (Å²) < 4.78 is 0. The van der Waals surface area contributed by atoms with Crippen LogP contribution in [0.1, 0.15) is 58.3 Å². The highest BCUT2D eigenvalue weighted by atomic mass is 14.9. The summed E-state index contributed by atoms with van der Waals surface area (Å²) in [6.07, 6.45) is 11.7. The van der Waals surface area contributed by atoms with Gasteiger partial charge in [-0.15, -0.1) is 0 Å². The van der Waals surface area contributed by atoms with Gasteiger partial charge in [-0.05, 0) is 31.8 Å². The molecule has 1 nitrogen and oxygen atoms in total. The predicted octanol–water partition coefficient (Wildman–Crippen LogP) is 3.35. The summed E-state index contributed by atoms with van der Waals surface area (Å²) in [6, 6.07) is 0. The smallest absolute Gasteiger partial charge is 0.00489 e. The summed E-state index contributed by atoms with van der Waals surface area (Å²) in [5.74, 6) is 1.04. The highest BCUT2D eigenvalue weighted by Gasteiger charge is 2.05. The lowest BCUT2D eigenvalue weighted by Crippen LogP contribution is -2.21. The van der Waals surface area contributed by atoms with Crippen LogP contribution in [0.3, 0.4) is 0 Å². The maximum absolute atomic E-state index is 3.28. The summed E-state index contributed by atoms with van der Waals surface area (Å²) in [7, 11) is 0. The van der Waals surface area contributed by atoms with E-state index in [0.717, 1.165) is 5.92 Å². The van der Waals surface area contributed by atoms with Crippen molar-refractivity contribution in [1.82, 2.24) is 5.32 Å².